The molecule has 3 aromatic rings. The molecular formula is C21H22N4O2. The Morgan fingerprint density at radius 1 is 1.04 bits per heavy atom. The van der Waals surface area contributed by atoms with Crippen LogP contribution in [0, 0.1) is 6.92 Å². The number of aromatic amines is 1. The molecule has 1 atom stereocenters. The fraction of sp³-hybridized carbons (Fsp3) is 0.238. The molecule has 0 amide bonds. The molecule has 0 spiro atoms. The second kappa shape index (κ2) is 6.89. The molecule has 0 radical (unpaired) electrons. The predicted octanol–water partition coefficient (Wildman–Crippen LogP) is 2.78. The van der Waals surface area contributed by atoms with Crippen molar-refractivity contribution in [3.8, 4) is 5.69 Å². The van der Waals surface area contributed by atoms with E-state index < -0.39 is 5.69 Å². The second-order valence-corrected chi connectivity index (χ2v) is 6.93. The Balaban J connectivity index is 1.76. The predicted molar refractivity (Wildman–Crippen MR) is 106 cm³/mol. The van der Waals surface area contributed by atoms with E-state index in [2.05, 4.69) is 34.3 Å². The first-order valence-electron chi connectivity index (χ1n) is 9.02. The van der Waals surface area contributed by atoms with E-state index in [1.807, 2.05) is 49.4 Å². The molecule has 4 rings (SSSR count). The highest BCUT2D eigenvalue weighted by atomic mass is 16.2. The van der Waals surface area contributed by atoms with Crippen molar-refractivity contribution < 1.29 is 0 Å². The highest BCUT2D eigenvalue weighted by molar-refractivity contribution is 5.52. The summed E-state index contributed by atoms with van der Waals surface area (Å²) < 4.78 is 1.55. The van der Waals surface area contributed by atoms with Crippen LogP contribution in [0.4, 0.5) is 5.82 Å². The summed E-state index contributed by atoms with van der Waals surface area (Å²) >= 11 is 0. The Labute approximate surface area is 157 Å². The van der Waals surface area contributed by atoms with Gasteiger partial charge < -0.3 is 5.32 Å². The number of nitrogens with zero attached hydrogens (tertiary/aromatic N) is 2. The molecule has 2 heterocycles. The fourth-order valence-electron chi connectivity index (χ4n) is 3.57. The van der Waals surface area contributed by atoms with Crippen molar-refractivity contribution in [3.63, 3.8) is 0 Å². The van der Waals surface area contributed by atoms with Gasteiger partial charge in [0.15, 0.2) is 0 Å². The zero-order valence-corrected chi connectivity index (χ0v) is 15.4. The summed E-state index contributed by atoms with van der Waals surface area (Å²) in [6.45, 7) is 5.12. The molecule has 0 aliphatic carbocycles. The summed E-state index contributed by atoms with van der Waals surface area (Å²) in [6, 6.07) is 18.0. The maximum absolute atomic E-state index is 12.5. The van der Waals surface area contributed by atoms with E-state index in [1.54, 1.807) is 4.57 Å². The summed E-state index contributed by atoms with van der Waals surface area (Å²) in [7, 11) is 0. The summed E-state index contributed by atoms with van der Waals surface area (Å²) in [6.07, 6.45) is 0. The standard InChI is InChI=1S/C21H22N4O2/c1-14-7-6-10-17(11-14)25-19-18(20(26)23-21(25)27)12-24(13-22-19)15(2)16-8-4-3-5-9-16/h3-11,15,22H,12-13H2,1-2H3,(H,23,26,27)/t15-/m0/s1. The molecule has 1 aliphatic rings. The van der Waals surface area contributed by atoms with Gasteiger partial charge in [0.25, 0.3) is 5.56 Å². The average Bonchev–Trinajstić information content (AvgIpc) is 2.68. The Morgan fingerprint density at radius 3 is 2.56 bits per heavy atom. The number of fused-ring (bicyclic) bond motifs is 1. The van der Waals surface area contributed by atoms with E-state index in [9.17, 15) is 9.59 Å². The number of aromatic nitrogens is 2. The summed E-state index contributed by atoms with van der Waals surface area (Å²) in [5.74, 6) is 0.575. The van der Waals surface area contributed by atoms with E-state index in [0.717, 1.165) is 11.3 Å². The molecule has 0 saturated heterocycles. The summed E-state index contributed by atoms with van der Waals surface area (Å²) in [4.78, 5) is 29.7. The van der Waals surface area contributed by atoms with Crippen LogP contribution in [0.15, 0.2) is 64.2 Å². The van der Waals surface area contributed by atoms with Crippen LogP contribution in [0.1, 0.15) is 29.7 Å². The van der Waals surface area contributed by atoms with E-state index in [4.69, 9.17) is 0 Å². The molecule has 0 saturated carbocycles. The molecule has 2 aromatic carbocycles. The van der Waals surface area contributed by atoms with Gasteiger partial charge in [-0.25, -0.2) is 9.36 Å². The molecule has 1 aliphatic heterocycles. The molecule has 27 heavy (non-hydrogen) atoms. The zero-order valence-electron chi connectivity index (χ0n) is 15.4. The van der Waals surface area contributed by atoms with Gasteiger partial charge in [0.2, 0.25) is 0 Å². The van der Waals surface area contributed by atoms with Crippen molar-refractivity contribution in [1.82, 2.24) is 14.5 Å². The van der Waals surface area contributed by atoms with Crippen LogP contribution in [0.2, 0.25) is 0 Å². The van der Waals surface area contributed by atoms with Gasteiger partial charge in [0.1, 0.15) is 5.82 Å². The molecule has 6 heteroatoms. The van der Waals surface area contributed by atoms with Gasteiger partial charge in [-0.2, -0.15) is 0 Å². The lowest BCUT2D eigenvalue weighted by Gasteiger charge is -2.35. The lowest BCUT2D eigenvalue weighted by Crippen LogP contribution is -2.43. The Bertz CT molecular complexity index is 1090. The third-order valence-corrected chi connectivity index (χ3v) is 5.11. The number of nitrogens with one attached hydrogen (secondary N) is 2. The van der Waals surface area contributed by atoms with Gasteiger partial charge in [-0.3, -0.25) is 14.7 Å². The monoisotopic (exact) mass is 362 g/mol. The van der Waals surface area contributed by atoms with Crippen LogP contribution in [-0.4, -0.2) is 21.1 Å². The van der Waals surface area contributed by atoms with E-state index in [1.165, 1.54) is 5.56 Å². The van der Waals surface area contributed by atoms with Crippen molar-refractivity contribution in [3.05, 3.63) is 92.1 Å². The van der Waals surface area contributed by atoms with Crippen molar-refractivity contribution in [2.45, 2.75) is 26.4 Å². The smallest absolute Gasteiger partial charge is 0.334 e. The quantitative estimate of drug-likeness (QED) is 0.752. The van der Waals surface area contributed by atoms with Crippen LogP contribution >= 0.6 is 0 Å². The van der Waals surface area contributed by atoms with Gasteiger partial charge in [0.05, 0.1) is 17.9 Å². The van der Waals surface area contributed by atoms with E-state index >= 15 is 0 Å². The minimum absolute atomic E-state index is 0.144. The first kappa shape index (κ1) is 17.3. The number of hydrogen-bond donors (Lipinski definition) is 2. The zero-order chi connectivity index (χ0) is 19.0. The number of hydrogen-bond acceptors (Lipinski definition) is 4. The Hall–Kier alpha value is -3.12. The van der Waals surface area contributed by atoms with Crippen molar-refractivity contribution in [1.29, 1.82) is 0 Å². The van der Waals surface area contributed by atoms with Gasteiger partial charge in [-0.15, -0.1) is 0 Å². The van der Waals surface area contributed by atoms with Crippen molar-refractivity contribution >= 4 is 5.82 Å². The van der Waals surface area contributed by atoms with Gasteiger partial charge in [0, 0.05) is 12.6 Å². The molecule has 0 bridgehead atoms. The van der Waals surface area contributed by atoms with Crippen LogP contribution < -0.4 is 16.6 Å². The van der Waals surface area contributed by atoms with Crippen LogP contribution in [0.25, 0.3) is 5.69 Å². The number of H-pyrrole nitrogens is 1. The topological polar surface area (TPSA) is 70.1 Å². The SMILES string of the molecule is Cc1cccc(-n2c3c(c(=O)[nH]c2=O)CN([C@@H](C)c2ccccc2)CN3)c1. The van der Waals surface area contributed by atoms with Crippen LogP contribution in [0.5, 0.6) is 0 Å². The Morgan fingerprint density at radius 2 is 1.81 bits per heavy atom. The van der Waals surface area contributed by atoms with Gasteiger partial charge >= 0.3 is 5.69 Å². The third-order valence-electron chi connectivity index (χ3n) is 5.11. The maximum atomic E-state index is 12.5. The number of aryl methyl sites for hydroxylation is 1. The average molecular weight is 362 g/mol. The normalized spacial score (nSPS) is 15.0. The molecular weight excluding hydrogens is 340 g/mol. The van der Waals surface area contributed by atoms with Gasteiger partial charge in [-0.05, 0) is 37.1 Å². The lowest BCUT2D eigenvalue weighted by atomic mass is 10.1. The highest BCUT2D eigenvalue weighted by Gasteiger charge is 2.26. The minimum atomic E-state index is -0.429. The van der Waals surface area contributed by atoms with Crippen molar-refractivity contribution in [2.24, 2.45) is 0 Å². The molecule has 138 valence electrons. The van der Waals surface area contributed by atoms with E-state index in [0.29, 0.717) is 24.6 Å². The first-order chi connectivity index (χ1) is 13.0. The molecule has 1 aromatic heterocycles. The largest absolute Gasteiger partial charge is 0.358 e. The fourth-order valence-corrected chi connectivity index (χ4v) is 3.57. The Kier molecular flexibility index (Phi) is 4.41. The number of anilines is 1. The molecule has 0 fully saturated rings. The summed E-state index contributed by atoms with van der Waals surface area (Å²) in [5.41, 5.74) is 2.79. The first-order valence-corrected chi connectivity index (χ1v) is 9.02. The molecule has 2 N–H and O–H groups in total. The maximum Gasteiger partial charge on any atom is 0.334 e. The number of rotatable bonds is 3. The van der Waals surface area contributed by atoms with E-state index in [-0.39, 0.29) is 11.6 Å². The van der Waals surface area contributed by atoms with Crippen LogP contribution in [-0.2, 0) is 6.54 Å². The highest BCUT2D eigenvalue weighted by Crippen LogP contribution is 2.27. The van der Waals surface area contributed by atoms with Crippen LogP contribution in [0.3, 0.4) is 0 Å². The van der Waals surface area contributed by atoms with Crippen molar-refractivity contribution in [2.75, 3.05) is 12.0 Å². The molecule has 6 nitrogen and oxygen atoms in total. The third kappa shape index (κ3) is 3.19. The second-order valence-electron chi connectivity index (χ2n) is 6.93. The summed E-state index contributed by atoms with van der Waals surface area (Å²) in [5, 5.41) is 3.30. The lowest BCUT2D eigenvalue weighted by molar-refractivity contribution is 0.207. The van der Waals surface area contributed by atoms with Gasteiger partial charge in [-0.1, -0.05) is 42.5 Å². The minimum Gasteiger partial charge on any atom is -0.358 e. The number of benzene rings is 2. The molecule has 0 unspecified atom stereocenters.